The summed E-state index contributed by atoms with van der Waals surface area (Å²) in [6.45, 7) is 0.159. The summed E-state index contributed by atoms with van der Waals surface area (Å²) < 4.78 is 49.9. The Balaban J connectivity index is 2.82. The van der Waals surface area contributed by atoms with E-state index in [0.717, 1.165) is 12.1 Å². The van der Waals surface area contributed by atoms with Crippen molar-refractivity contribution in [1.29, 1.82) is 0 Å². The third kappa shape index (κ3) is 4.00. The zero-order valence-electron chi connectivity index (χ0n) is 9.00. The van der Waals surface area contributed by atoms with E-state index in [2.05, 4.69) is 21.9 Å². The Labute approximate surface area is 100 Å². The summed E-state index contributed by atoms with van der Waals surface area (Å²) in [6.07, 6.45) is -4.45. The van der Waals surface area contributed by atoms with E-state index in [4.69, 9.17) is 5.53 Å². The highest BCUT2D eigenvalue weighted by atomic mass is 19.4. The lowest BCUT2D eigenvalue weighted by Gasteiger charge is -2.07. The molecule has 0 atom stereocenters. The zero-order valence-corrected chi connectivity index (χ0v) is 9.00. The second-order valence-electron chi connectivity index (χ2n) is 3.20. The Morgan fingerprint density at radius 3 is 2.61 bits per heavy atom. The lowest BCUT2D eigenvalue weighted by atomic mass is 10.1. The molecule has 0 unspecified atom stereocenters. The molecule has 0 spiro atoms. The molecule has 3 nitrogen and oxygen atoms in total. The number of hydrogen-bond donors (Lipinski definition) is 0. The van der Waals surface area contributed by atoms with E-state index in [1.54, 1.807) is 0 Å². The molecule has 1 aromatic rings. The highest BCUT2D eigenvalue weighted by Crippen LogP contribution is 2.31. The minimum atomic E-state index is -4.71. The van der Waals surface area contributed by atoms with Gasteiger partial charge in [0, 0.05) is 23.4 Å². The minimum Gasteiger partial charge on any atom is -0.206 e. The van der Waals surface area contributed by atoms with Gasteiger partial charge in [0.05, 0.1) is 5.56 Å². The molecule has 0 radical (unpaired) electrons. The van der Waals surface area contributed by atoms with Crippen molar-refractivity contribution in [2.75, 3.05) is 6.54 Å². The Morgan fingerprint density at radius 2 is 2.06 bits per heavy atom. The quantitative estimate of drug-likeness (QED) is 0.193. The van der Waals surface area contributed by atoms with E-state index in [1.165, 1.54) is 0 Å². The highest BCUT2D eigenvalue weighted by molar-refractivity contribution is 5.37. The molecule has 0 saturated heterocycles. The monoisotopic (exact) mass is 257 g/mol. The summed E-state index contributed by atoms with van der Waals surface area (Å²) >= 11 is 0. The Kier molecular flexibility index (Phi) is 4.58. The molecule has 0 amide bonds. The van der Waals surface area contributed by atoms with E-state index in [0.29, 0.717) is 6.07 Å². The predicted octanol–water partition coefficient (Wildman–Crippen LogP) is 3.90. The van der Waals surface area contributed by atoms with Gasteiger partial charge in [0.15, 0.2) is 0 Å². The molecule has 0 aliphatic heterocycles. The van der Waals surface area contributed by atoms with Gasteiger partial charge >= 0.3 is 6.18 Å². The maximum absolute atomic E-state index is 13.1. The third-order valence-corrected chi connectivity index (χ3v) is 1.91. The van der Waals surface area contributed by atoms with E-state index < -0.39 is 17.6 Å². The fourth-order valence-corrected chi connectivity index (χ4v) is 1.14. The Hall–Kier alpha value is -2.19. The summed E-state index contributed by atoms with van der Waals surface area (Å²) in [6, 6.07) is 2.46. The smallest absolute Gasteiger partial charge is 0.206 e. The van der Waals surface area contributed by atoms with Crippen molar-refractivity contribution in [1.82, 2.24) is 0 Å². The molecule has 7 heteroatoms. The van der Waals surface area contributed by atoms with E-state index in [-0.39, 0.29) is 18.5 Å². The van der Waals surface area contributed by atoms with E-state index in [1.807, 2.05) is 0 Å². The van der Waals surface area contributed by atoms with Crippen LogP contribution in [0.2, 0.25) is 0 Å². The summed E-state index contributed by atoms with van der Waals surface area (Å²) in [5.41, 5.74) is 6.80. The van der Waals surface area contributed by atoms with Crippen molar-refractivity contribution < 1.29 is 17.6 Å². The zero-order chi connectivity index (χ0) is 13.6. The molecule has 0 aliphatic carbocycles. The van der Waals surface area contributed by atoms with Crippen LogP contribution in [0.25, 0.3) is 10.4 Å². The van der Waals surface area contributed by atoms with Crippen LogP contribution in [0.5, 0.6) is 0 Å². The maximum atomic E-state index is 13.1. The highest BCUT2D eigenvalue weighted by Gasteiger charge is 2.33. The van der Waals surface area contributed by atoms with Gasteiger partial charge in [-0.1, -0.05) is 17.0 Å². The molecule has 0 N–H and O–H groups in total. The number of halogens is 4. The van der Waals surface area contributed by atoms with Crippen molar-refractivity contribution in [3.8, 4) is 11.8 Å². The predicted molar refractivity (Wildman–Crippen MR) is 56.9 cm³/mol. The van der Waals surface area contributed by atoms with Gasteiger partial charge in [-0.3, -0.25) is 0 Å². The first-order valence-corrected chi connectivity index (χ1v) is 4.81. The molecule has 1 aromatic carbocycles. The fraction of sp³-hybridized carbons (Fsp3) is 0.273. The van der Waals surface area contributed by atoms with Crippen LogP contribution in [-0.2, 0) is 6.18 Å². The first-order valence-electron chi connectivity index (χ1n) is 4.81. The first-order chi connectivity index (χ1) is 8.45. The number of azide groups is 1. The molecule has 94 valence electrons. The first kappa shape index (κ1) is 13.9. The Morgan fingerprint density at radius 1 is 1.33 bits per heavy atom. The molecule has 1 rings (SSSR count). The van der Waals surface area contributed by atoms with Crippen molar-refractivity contribution >= 4 is 0 Å². The summed E-state index contributed by atoms with van der Waals surface area (Å²) in [4.78, 5) is 2.51. The number of hydrogen-bond acceptors (Lipinski definition) is 1. The van der Waals surface area contributed by atoms with Gasteiger partial charge in [0.1, 0.15) is 5.82 Å². The normalized spacial score (nSPS) is 10.2. The number of nitrogens with zero attached hydrogens (tertiary/aromatic N) is 3. The molecule has 0 fully saturated rings. The molecule has 0 bridgehead atoms. The van der Waals surface area contributed by atoms with Crippen LogP contribution in [-0.4, -0.2) is 6.54 Å². The minimum absolute atomic E-state index is 0.140. The molecule has 18 heavy (non-hydrogen) atoms. The molecular formula is C11H7F4N3. The second kappa shape index (κ2) is 5.94. The van der Waals surface area contributed by atoms with Crippen LogP contribution in [0.4, 0.5) is 17.6 Å². The third-order valence-electron chi connectivity index (χ3n) is 1.91. The Bertz CT molecular complexity index is 533. The van der Waals surface area contributed by atoms with Gasteiger partial charge in [-0.05, 0) is 23.7 Å². The van der Waals surface area contributed by atoms with Gasteiger partial charge < -0.3 is 0 Å². The lowest BCUT2D eigenvalue weighted by molar-refractivity contribution is -0.140. The van der Waals surface area contributed by atoms with Crippen molar-refractivity contribution in [2.24, 2.45) is 5.11 Å². The number of alkyl halides is 3. The number of rotatable bonds is 2. The van der Waals surface area contributed by atoms with Gasteiger partial charge in [-0.25, -0.2) is 4.39 Å². The van der Waals surface area contributed by atoms with Crippen molar-refractivity contribution in [3.05, 3.63) is 45.6 Å². The largest absolute Gasteiger partial charge is 0.419 e. The molecule has 0 heterocycles. The molecular weight excluding hydrogens is 250 g/mol. The summed E-state index contributed by atoms with van der Waals surface area (Å²) in [5.74, 6) is 3.68. The van der Waals surface area contributed by atoms with E-state index >= 15 is 0 Å². The van der Waals surface area contributed by atoms with E-state index in [9.17, 15) is 17.6 Å². The van der Waals surface area contributed by atoms with Crippen LogP contribution in [0.15, 0.2) is 23.3 Å². The van der Waals surface area contributed by atoms with Crippen LogP contribution in [0.1, 0.15) is 17.5 Å². The van der Waals surface area contributed by atoms with Gasteiger partial charge in [0.25, 0.3) is 0 Å². The average Bonchev–Trinajstić information content (AvgIpc) is 2.27. The number of benzene rings is 1. The summed E-state index contributed by atoms with van der Waals surface area (Å²) in [5, 5.41) is 3.22. The molecule has 0 saturated carbocycles. The van der Waals surface area contributed by atoms with Crippen LogP contribution >= 0.6 is 0 Å². The fourth-order valence-electron chi connectivity index (χ4n) is 1.14. The topological polar surface area (TPSA) is 48.8 Å². The molecule has 0 aromatic heterocycles. The maximum Gasteiger partial charge on any atom is 0.419 e. The van der Waals surface area contributed by atoms with Crippen LogP contribution in [0.3, 0.4) is 0 Å². The average molecular weight is 257 g/mol. The van der Waals surface area contributed by atoms with Crippen LogP contribution < -0.4 is 0 Å². The molecule has 0 aliphatic rings. The van der Waals surface area contributed by atoms with Crippen molar-refractivity contribution in [2.45, 2.75) is 12.6 Å². The lowest BCUT2D eigenvalue weighted by Crippen LogP contribution is -2.07. The van der Waals surface area contributed by atoms with Crippen LogP contribution in [0, 0.1) is 17.7 Å². The second-order valence-corrected chi connectivity index (χ2v) is 3.20. The standard InChI is InChI=1S/C11H7F4N3/c12-10-7-8(3-1-2-6-17-18-16)4-5-9(10)11(13,14)15/h4-5,7H,2,6H2. The van der Waals surface area contributed by atoms with Crippen molar-refractivity contribution in [3.63, 3.8) is 0 Å². The summed E-state index contributed by atoms with van der Waals surface area (Å²) in [7, 11) is 0. The van der Waals surface area contributed by atoms with Gasteiger partial charge in [-0.15, -0.1) is 0 Å². The van der Waals surface area contributed by atoms with Gasteiger partial charge in [0.2, 0.25) is 0 Å². The van der Waals surface area contributed by atoms with Gasteiger partial charge in [-0.2, -0.15) is 13.2 Å². The SMILES string of the molecule is [N-]=[N+]=NCCC#Cc1ccc(C(F)(F)F)c(F)c1.